The fourth-order valence-electron chi connectivity index (χ4n) is 3.38. The Bertz CT molecular complexity index is 1540. The number of rotatable bonds is 2. The van der Waals surface area contributed by atoms with Gasteiger partial charge in [-0.15, -0.1) is 0 Å². The van der Waals surface area contributed by atoms with Crippen molar-refractivity contribution in [3.63, 3.8) is 0 Å². The fraction of sp³-hybridized carbons (Fsp3) is 0. The third-order valence-corrected chi connectivity index (χ3v) is 5.67. The lowest BCUT2D eigenvalue weighted by Gasteiger charge is -2.02. The highest BCUT2D eigenvalue weighted by Crippen LogP contribution is 2.22. The Morgan fingerprint density at radius 3 is 1.72 bits per heavy atom. The van der Waals surface area contributed by atoms with Crippen molar-refractivity contribution in [3.8, 4) is 11.1 Å². The Morgan fingerprint density at radius 2 is 1.14 bits per heavy atom. The first-order chi connectivity index (χ1) is 17.6. The van der Waals surface area contributed by atoms with E-state index in [2.05, 4.69) is 60.1 Å². The molecule has 0 radical (unpaired) electrons. The molecule has 0 aliphatic carbocycles. The summed E-state index contributed by atoms with van der Waals surface area (Å²) in [4.78, 5) is 16.3. The van der Waals surface area contributed by atoms with Gasteiger partial charge in [0.1, 0.15) is 12.7 Å². The van der Waals surface area contributed by atoms with Crippen LogP contribution in [0.4, 0.5) is 0 Å². The van der Waals surface area contributed by atoms with Crippen LogP contribution in [0, 0.1) is 0 Å². The van der Waals surface area contributed by atoms with E-state index in [0.717, 1.165) is 26.3 Å². The number of nitrogens with zero attached hydrogens (tertiary/aromatic N) is 4. The molecule has 6 nitrogen and oxygen atoms in total. The zero-order valence-electron chi connectivity index (χ0n) is 19.2. The maximum Gasteiger partial charge on any atom is 0.488 e. The molecule has 36 heavy (non-hydrogen) atoms. The van der Waals surface area contributed by atoms with Crippen molar-refractivity contribution in [2.24, 2.45) is 0 Å². The standard InChI is InChI=1S/C14H10N2.C8H5BrN2.C6H7BO2/c1-2-4-11(5-3-1)12-6-7-14-13(8-12)9-15-10-16-14;9-7-1-2-8-6(3-7)4-10-5-11-8;8-7(9)6-4-2-1-3-5-6/h1-10H;1-5H;1-5,8-9H. The van der Waals surface area contributed by atoms with Crippen LogP contribution in [0.2, 0.25) is 0 Å². The lowest BCUT2D eigenvalue weighted by molar-refractivity contribution is 0.426. The maximum absolute atomic E-state index is 8.58. The summed E-state index contributed by atoms with van der Waals surface area (Å²) in [5.74, 6) is 0. The first-order valence-electron chi connectivity index (χ1n) is 11.1. The molecule has 0 aliphatic rings. The van der Waals surface area contributed by atoms with Gasteiger partial charge < -0.3 is 10.0 Å². The molecule has 0 spiro atoms. The summed E-state index contributed by atoms with van der Waals surface area (Å²) in [5.41, 5.74) is 4.89. The molecular formula is C28H22BBrN4O2. The number of hydrogen-bond donors (Lipinski definition) is 2. The Labute approximate surface area is 217 Å². The highest BCUT2D eigenvalue weighted by atomic mass is 79.9. The molecule has 0 saturated carbocycles. The molecule has 6 rings (SSSR count). The van der Waals surface area contributed by atoms with Crippen molar-refractivity contribution >= 4 is 50.3 Å². The second kappa shape index (κ2) is 12.6. The van der Waals surface area contributed by atoms with Crippen LogP contribution in [-0.4, -0.2) is 37.1 Å². The van der Waals surface area contributed by atoms with Gasteiger partial charge in [0.25, 0.3) is 0 Å². The van der Waals surface area contributed by atoms with Gasteiger partial charge in [0, 0.05) is 27.6 Å². The predicted octanol–water partition coefficient (Wildman–Crippen LogP) is 5.06. The van der Waals surface area contributed by atoms with Crippen molar-refractivity contribution < 1.29 is 10.0 Å². The van der Waals surface area contributed by atoms with E-state index in [1.165, 1.54) is 11.1 Å². The van der Waals surface area contributed by atoms with Crippen LogP contribution in [0.15, 0.2) is 127 Å². The molecule has 6 aromatic rings. The first-order valence-corrected chi connectivity index (χ1v) is 11.9. The highest BCUT2D eigenvalue weighted by Gasteiger charge is 2.07. The summed E-state index contributed by atoms with van der Waals surface area (Å²) >= 11 is 3.38. The molecule has 0 atom stereocenters. The summed E-state index contributed by atoms with van der Waals surface area (Å²) in [6, 6.07) is 31.1. The monoisotopic (exact) mass is 536 g/mol. The average molecular weight is 537 g/mol. The summed E-state index contributed by atoms with van der Waals surface area (Å²) in [6.45, 7) is 0. The Morgan fingerprint density at radius 1 is 0.583 bits per heavy atom. The summed E-state index contributed by atoms with van der Waals surface area (Å²) in [6.07, 6.45) is 6.77. The Kier molecular flexibility index (Phi) is 8.83. The van der Waals surface area contributed by atoms with Crippen molar-refractivity contribution in [1.29, 1.82) is 0 Å². The minimum atomic E-state index is -1.34. The average Bonchev–Trinajstić information content (AvgIpc) is 2.94. The fourth-order valence-corrected chi connectivity index (χ4v) is 3.75. The molecule has 8 heteroatoms. The quantitative estimate of drug-likeness (QED) is 0.301. The van der Waals surface area contributed by atoms with Gasteiger partial charge in [-0.3, -0.25) is 0 Å². The number of halogens is 1. The van der Waals surface area contributed by atoms with E-state index >= 15 is 0 Å². The molecule has 2 N–H and O–H groups in total. The molecule has 2 heterocycles. The van der Waals surface area contributed by atoms with E-state index in [9.17, 15) is 0 Å². The summed E-state index contributed by atoms with van der Waals surface area (Å²) < 4.78 is 1.06. The smallest absolute Gasteiger partial charge is 0.423 e. The predicted molar refractivity (Wildman–Crippen MR) is 148 cm³/mol. The largest absolute Gasteiger partial charge is 0.488 e. The van der Waals surface area contributed by atoms with E-state index in [1.54, 1.807) is 43.1 Å². The van der Waals surface area contributed by atoms with Crippen LogP contribution in [-0.2, 0) is 0 Å². The number of aromatic nitrogens is 4. The molecule has 0 fully saturated rings. The number of fused-ring (bicyclic) bond motifs is 2. The van der Waals surface area contributed by atoms with Gasteiger partial charge in [-0.25, -0.2) is 19.9 Å². The molecule has 0 saturated heterocycles. The third kappa shape index (κ3) is 7.02. The van der Waals surface area contributed by atoms with Crippen molar-refractivity contribution in [3.05, 3.63) is 127 Å². The lowest BCUT2D eigenvalue weighted by atomic mass is 9.81. The Hall–Kier alpha value is -3.98. The molecule has 0 amide bonds. The van der Waals surface area contributed by atoms with Crippen LogP contribution < -0.4 is 5.46 Å². The molecule has 0 bridgehead atoms. The van der Waals surface area contributed by atoms with E-state index in [-0.39, 0.29) is 0 Å². The minimum absolute atomic E-state index is 0.525. The van der Waals surface area contributed by atoms with E-state index in [0.29, 0.717) is 5.46 Å². The molecule has 0 unspecified atom stereocenters. The SMILES string of the molecule is Brc1ccc2ncncc2c1.OB(O)c1ccccc1.c1ccc(-c2ccc3ncncc3c2)cc1. The van der Waals surface area contributed by atoms with Crippen molar-refractivity contribution in [2.75, 3.05) is 0 Å². The van der Waals surface area contributed by atoms with Gasteiger partial charge in [0.05, 0.1) is 11.0 Å². The molecule has 176 valence electrons. The third-order valence-electron chi connectivity index (χ3n) is 5.18. The molecule has 2 aromatic heterocycles. The van der Waals surface area contributed by atoms with Crippen LogP contribution in [0.1, 0.15) is 0 Å². The number of hydrogen-bond acceptors (Lipinski definition) is 6. The van der Waals surface area contributed by atoms with Gasteiger partial charge >= 0.3 is 7.12 Å². The Balaban J connectivity index is 0.000000134. The van der Waals surface area contributed by atoms with Gasteiger partial charge in [-0.1, -0.05) is 82.7 Å². The zero-order valence-corrected chi connectivity index (χ0v) is 20.8. The normalized spacial score (nSPS) is 10.1. The van der Waals surface area contributed by atoms with Crippen LogP contribution in [0.3, 0.4) is 0 Å². The van der Waals surface area contributed by atoms with E-state index < -0.39 is 7.12 Å². The maximum atomic E-state index is 8.58. The van der Waals surface area contributed by atoms with Gasteiger partial charge in [0.2, 0.25) is 0 Å². The zero-order chi connectivity index (χ0) is 25.2. The molecule has 4 aromatic carbocycles. The topological polar surface area (TPSA) is 92.0 Å². The van der Waals surface area contributed by atoms with Gasteiger partial charge in [-0.05, 0) is 46.9 Å². The van der Waals surface area contributed by atoms with Crippen LogP contribution in [0.5, 0.6) is 0 Å². The lowest BCUT2D eigenvalue weighted by Crippen LogP contribution is -2.29. The minimum Gasteiger partial charge on any atom is -0.423 e. The van der Waals surface area contributed by atoms with E-state index in [4.69, 9.17) is 10.0 Å². The van der Waals surface area contributed by atoms with Crippen LogP contribution in [0.25, 0.3) is 32.9 Å². The van der Waals surface area contributed by atoms with Gasteiger partial charge in [-0.2, -0.15) is 0 Å². The first kappa shape index (κ1) is 25.1. The second-order valence-electron chi connectivity index (χ2n) is 7.67. The van der Waals surface area contributed by atoms with Crippen molar-refractivity contribution in [1.82, 2.24) is 19.9 Å². The second-order valence-corrected chi connectivity index (χ2v) is 8.59. The van der Waals surface area contributed by atoms with Crippen LogP contribution >= 0.6 is 15.9 Å². The van der Waals surface area contributed by atoms with Gasteiger partial charge in [0.15, 0.2) is 0 Å². The van der Waals surface area contributed by atoms with Crippen molar-refractivity contribution in [2.45, 2.75) is 0 Å². The molecular weight excluding hydrogens is 515 g/mol. The highest BCUT2D eigenvalue weighted by molar-refractivity contribution is 9.10. The summed E-state index contributed by atoms with van der Waals surface area (Å²) in [7, 11) is -1.34. The molecule has 0 aliphatic heterocycles. The number of benzene rings is 4. The summed E-state index contributed by atoms with van der Waals surface area (Å²) in [5, 5.41) is 19.3. The van der Waals surface area contributed by atoms with E-state index in [1.807, 2.05) is 54.7 Å².